The van der Waals surface area contributed by atoms with Gasteiger partial charge in [-0.1, -0.05) is 0 Å². The van der Waals surface area contributed by atoms with E-state index in [1.807, 2.05) is 4.68 Å². The van der Waals surface area contributed by atoms with Crippen LogP contribution in [0.2, 0.25) is 0 Å². The molecule has 2 saturated carbocycles. The third-order valence-electron chi connectivity index (χ3n) is 4.74. The minimum Gasteiger partial charge on any atom is -0.481 e. The van der Waals surface area contributed by atoms with Gasteiger partial charge in [0.25, 0.3) is 0 Å². The number of aromatic nitrogens is 2. The van der Waals surface area contributed by atoms with Gasteiger partial charge in [0.05, 0.1) is 18.2 Å². The van der Waals surface area contributed by atoms with E-state index in [1.54, 1.807) is 12.3 Å². The number of carbonyl (C=O) groups excluding carboxylic acids is 1. The summed E-state index contributed by atoms with van der Waals surface area (Å²) in [6, 6.07) is 2.02. The summed E-state index contributed by atoms with van der Waals surface area (Å²) in [6.07, 6.45) is 7.81. The number of nitrogens with zero attached hydrogens (tertiary/aromatic N) is 2. The largest absolute Gasteiger partial charge is 0.481 e. The molecule has 0 saturated heterocycles. The maximum Gasteiger partial charge on any atom is 0.320 e. The Bertz CT molecular complexity index is 545. The molecule has 1 heterocycles. The maximum absolute atomic E-state index is 12.1. The number of amides is 2. The van der Waals surface area contributed by atoms with Gasteiger partial charge < -0.3 is 10.4 Å². The van der Waals surface area contributed by atoms with Crippen molar-refractivity contribution in [3.63, 3.8) is 0 Å². The Labute approximate surface area is 129 Å². The van der Waals surface area contributed by atoms with E-state index < -0.39 is 5.97 Å². The average Bonchev–Trinajstić information content (AvgIpc) is 2.85. The van der Waals surface area contributed by atoms with E-state index in [4.69, 9.17) is 5.11 Å². The number of carbonyl (C=O) groups is 2. The van der Waals surface area contributed by atoms with Gasteiger partial charge in [-0.25, -0.2) is 9.48 Å². The number of carboxylic acid groups (broad SMARTS) is 1. The van der Waals surface area contributed by atoms with Gasteiger partial charge >= 0.3 is 12.0 Å². The smallest absolute Gasteiger partial charge is 0.320 e. The normalized spacial score (nSPS) is 25.3. The van der Waals surface area contributed by atoms with Crippen LogP contribution in [0.25, 0.3) is 0 Å². The van der Waals surface area contributed by atoms with E-state index in [2.05, 4.69) is 15.7 Å². The van der Waals surface area contributed by atoms with Crippen LogP contribution < -0.4 is 10.6 Å². The lowest BCUT2D eigenvalue weighted by atomic mass is 9.86. The number of hydrogen-bond acceptors (Lipinski definition) is 3. The average molecular weight is 306 g/mol. The summed E-state index contributed by atoms with van der Waals surface area (Å²) in [4.78, 5) is 23.0. The molecule has 2 amide bonds. The van der Waals surface area contributed by atoms with Gasteiger partial charge in [0.1, 0.15) is 5.82 Å². The number of hydrogen-bond donors (Lipinski definition) is 3. The summed E-state index contributed by atoms with van der Waals surface area (Å²) in [6.45, 7) is 0. The molecule has 3 rings (SSSR count). The highest BCUT2D eigenvalue weighted by Crippen LogP contribution is 2.33. The van der Waals surface area contributed by atoms with Gasteiger partial charge in [-0.2, -0.15) is 5.10 Å². The summed E-state index contributed by atoms with van der Waals surface area (Å²) in [7, 11) is 0. The van der Waals surface area contributed by atoms with Crippen molar-refractivity contribution in [3.8, 4) is 0 Å². The molecule has 7 heteroatoms. The Morgan fingerprint density at radius 2 is 1.91 bits per heavy atom. The molecule has 0 bridgehead atoms. The Kier molecular flexibility index (Phi) is 4.31. The SMILES string of the molecule is O=C(Nc1ccnn1C1CCC1)NC1CCC(C(=O)O)CC1. The molecule has 22 heavy (non-hydrogen) atoms. The highest BCUT2D eigenvalue weighted by Gasteiger charge is 2.27. The Morgan fingerprint density at radius 3 is 2.50 bits per heavy atom. The molecule has 120 valence electrons. The van der Waals surface area contributed by atoms with Crippen LogP contribution in [0.1, 0.15) is 51.0 Å². The Morgan fingerprint density at radius 1 is 1.18 bits per heavy atom. The molecule has 0 aliphatic heterocycles. The molecule has 2 fully saturated rings. The number of carboxylic acids is 1. The van der Waals surface area contributed by atoms with Crippen molar-refractivity contribution < 1.29 is 14.7 Å². The molecule has 2 aliphatic rings. The lowest BCUT2D eigenvalue weighted by molar-refractivity contribution is -0.142. The first-order chi connectivity index (χ1) is 10.6. The molecule has 0 radical (unpaired) electrons. The molecule has 2 aliphatic carbocycles. The fraction of sp³-hybridized carbons (Fsp3) is 0.667. The Balaban J connectivity index is 1.49. The molecule has 1 aromatic heterocycles. The monoisotopic (exact) mass is 306 g/mol. The van der Waals surface area contributed by atoms with Gasteiger partial charge in [0.2, 0.25) is 0 Å². The van der Waals surface area contributed by atoms with Crippen LogP contribution in [-0.2, 0) is 4.79 Å². The van der Waals surface area contributed by atoms with Crippen LogP contribution in [0.5, 0.6) is 0 Å². The van der Waals surface area contributed by atoms with E-state index in [9.17, 15) is 9.59 Å². The summed E-state index contributed by atoms with van der Waals surface area (Å²) in [5.74, 6) is -0.269. The molecule has 3 N–H and O–H groups in total. The van der Waals surface area contributed by atoms with Crippen molar-refractivity contribution in [3.05, 3.63) is 12.3 Å². The van der Waals surface area contributed by atoms with Crippen LogP contribution >= 0.6 is 0 Å². The Hall–Kier alpha value is -2.05. The van der Waals surface area contributed by atoms with Crippen LogP contribution in [-0.4, -0.2) is 32.9 Å². The van der Waals surface area contributed by atoms with Gasteiger partial charge in [0.15, 0.2) is 0 Å². The van der Waals surface area contributed by atoms with Crippen molar-refractivity contribution in [1.82, 2.24) is 15.1 Å². The minimum absolute atomic E-state index is 0.0516. The zero-order valence-corrected chi connectivity index (χ0v) is 12.5. The number of urea groups is 1. The van der Waals surface area contributed by atoms with Crippen molar-refractivity contribution in [2.75, 3.05) is 5.32 Å². The molecule has 0 aromatic carbocycles. The molecule has 7 nitrogen and oxygen atoms in total. The number of nitrogens with one attached hydrogen (secondary N) is 2. The van der Waals surface area contributed by atoms with E-state index in [-0.39, 0.29) is 18.0 Å². The lowest BCUT2D eigenvalue weighted by Crippen LogP contribution is -2.41. The van der Waals surface area contributed by atoms with Crippen molar-refractivity contribution in [2.45, 2.75) is 57.0 Å². The van der Waals surface area contributed by atoms with E-state index in [0.29, 0.717) is 31.7 Å². The van der Waals surface area contributed by atoms with E-state index >= 15 is 0 Å². The molecule has 0 atom stereocenters. The summed E-state index contributed by atoms with van der Waals surface area (Å²) >= 11 is 0. The zero-order valence-electron chi connectivity index (χ0n) is 12.5. The number of anilines is 1. The van der Waals surface area contributed by atoms with E-state index in [1.165, 1.54) is 6.42 Å². The van der Waals surface area contributed by atoms with Gasteiger partial charge in [0, 0.05) is 12.1 Å². The van der Waals surface area contributed by atoms with E-state index in [0.717, 1.165) is 18.7 Å². The first-order valence-electron chi connectivity index (χ1n) is 7.97. The maximum atomic E-state index is 12.1. The fourth-order valence-electron chi connectivity index (χ4n) is 3.16. The highest BCUT2D eigenvalue weighted by molar-refractivity contribution is 5.88. The van der Waals surface area contributed by atoms with Crippen LogP contribution in [0.15, 0.2) is 12.3 Å². The quantitative estimate of drug-likeness (QED) is 0.795. The van der Waals surface area contributed by atoms with Crippen molar-refractivity contribution in [1.29, 1.82) is 0 Å². The van der Waals surface area contributed by atoms with Crippen LogP contribution in [0.4, 0.5) is 10.6 Å². The predicted molar refractivity (Wildman–Crippen MR) is 80.7 cm³/mol. The summed E-state index contributed by atoms with van der Waals surface area (Å²) in [5.41, 5.74) is 0. The first-order valence-corrected chi connectivity index (χ1v) is 7.97. The first kappa shape index (κ1) is 14.9. The number of rotatable bonds is 4. The number of aliphatic carboxylic acids is 1. The van der Waals surface area contributed by atoms with Crippen LogP contribution in [0.3, 0.4) is 0 Å². The minimum atomic E-state index is -0.729. The fourth-order valence-corrected chi connectivity index (χ4v) is 3.16. The second-order valence-electron chi connectivity index (χ2n) is 6.23. The second-order valence-corrected chi connectivity index (χ2v) is 6.23. The zero-order chi connectivity index (χ0) is 15.5. The topological polar surface area (TPSA) is 96.3 Å². The predicted octanol–water partition coefficient (Wildman–Crippen LogP) is 2.37. The van der Waals surface area contributed by atoms with Gasteiger partial charge in [-0.3, -0.25) is 10.1 Å². The lowest BCUT2D eigenvalue weighted by Gasteiger charge is -2.28. The standard InChI is InChI=1S/C15H22N4O3/c20-14(21)10-4-6-11(7-5-10)17-15(22)18-13-8-9-16-19(13)12-2-1-3-12/h8-12H,1-7H2,(H,20,21)(H2,17,18,22). The van der Waals surface area contributed by atoms with Gasteiger partial charge in [-0.05, 0) is 44.9 Å². The highest BCUT2D eigenvalue weighted by atomic mass is 16.4. The van der Waals surface area contributed by atoms with Crippen molar-refractivity contribution in [2.24, 2.45) is 5.92 Å². The molecule has 1 aromatic rings. The molecular formula is C15H22N4O3. The molecular weight excluding hydrogens is 284 g/mol. The molecule has 0 spiro atoms. The van der Waals surface area contributed by atoms with Crippen molar-refractivity contribution >= 4 is 17.8 Å². The van der Waals surface area contributed by atoms with Crippen LogP contribution in [0, 0.1) is 5.92 Å². The molecule has 0 unspecified atom stereocenters. The summed E-state index contributed by atoms with van der Waals surface area (Å²) < 4.78 is 1.88. The third-order valence-corrected chi connectivity index (χ3v) is 4.74. The van der Waals surface area contributed by atoms with Gasteiger partial charge in [-0.15, -0.1) is 0 Å². The summed E-state index contributed by atoms with van der Waals surface area (Å²) in [5, 5.41) is 19.0. The third kappa shape index (κ3) is 3.23. The second kappa shape index (κ2) is 6.37.